The van der Waals surface area contributed by atoms with Gasteiger partial charge >= 0.3 is 0 Å². The molecule has 1 N–H and O–H groups in total. The second kappa shape index (κ2) is 3.09. The van der Waals surface area contributed by atoms with Crippen molar-refractivity contribution in [1.82, 2.24) is 0 Å². The highest BCUT2D eigenvalue weighted by atomic mass is 16.3. The van der Waals surface area contributed by atoms with Crippen molar-refractivity contribution in [3.05, 3.63) is 35.4 Å². The molecule has 1 unspecified atom stereocenters. The summed E-state index contributed by atoms with van der Waals surface area (Å²) >= 11 is 0. The number of benzene rings is 1. The van der Waals surface area contributed by atoms with Crippen LogP contribution in [0.1, 0.15) is 36.5 Å². The van der Waals surface area contributed by atoms with Gasteiger partial charge in [0.2, 0.25) is 0 Å². The van der Waals surface area contributed by atoms with Gasteiger partial charge in [-0.15, -0.1) is 0 Å². The van der Waals surface area contributed by atoms with Gasteiger partial charge in [0.05, 0.1) is 6.10 Å². The van der Waals surface area contributed by atoms with E-state index < -0.39 is 0 Å². The maximum absolute atomic E-state index is 10.2. The minimum absolute atomic E-state index is 0.188. The largest absolute Gasteiger partial charge is 0.388 e. The maximum Gasteiger partial charge on any atom is 0.0823 e. The van der Waals surface area contributed by atoms with Crippen LogP contribution in [0.5, 0.6) is 0 Å². The molecule has 1 aromatic carbocycles. The zero-order valence-electron chi connectivity index (χ0n) is 8.32. The third-order valence-corrected chi connectivity index (χ3v) is 3.98. The van der Waals surface area contributed by atoms with Crippen LogP contribution in [0.4, 0.5) is 0 Å². The summed E-state index contributed by atoms with van der Waals surface area (Å²) in [5, 5.41) is 10.2. The Morgan fingerprint density at radius 3 is 2.93 bits per heavy atom. The van der Waals surface area contributed by atoms with E-state index in [2.05, 4.69) is 18.2 Å². The minimum Gasteiger partial charge on any atom is -0.388 e. The molecule has 1 fully saturated rings. The van der Waals surface area contributed by atoms with E-state index in [9.17, 15) is 5.11 Å². The van der Waals surface area contributed by atoms with Crippen LogP contribution in [0.2, 0.25) is 0 Å². The minimum atomic E-state index is -0.188. The van der Waals surface area contributed by atoms with Crippen molar-refractivity contribution in [2.75, 3.05) is 0 Å². The number of hydrogen-bond donors (Lipinski definition) is 1. The smallest absolute Gasteiger partial charge is 0.0823 e. The lowest BCUT2D eigenvalue weighted by Gasteiger charge is -2.32. The average molecular weight is 188 g/mol. The first-order valence-corrected chi connectivity index (χ1v) is 5.62. The molecule has 74 valence electrons. The van der Waals surface area contributed by atoms with E-state index in [4.69, 9.17) is 0 Å². The summed E-state index contributed by atoms with van der Waals surface area (Å²) in [6.07, 6.45) is 4.85. The van der Waals surface area contributed by atoms with Gasteiger partial charge in [0, 0.05) is 0 Å². The molecule has 0 bridgehead atoms. The van der Waals surface area contributed by atoms with Crippen molar-refractivity contribution in [3.8, 4) is 0 Å². The van der Waals surface area contributed by atoms with Crippen molar-refractivity contribution >= 4 is 0 Å². The van der Waals surface area contributed by atoms with Gasteiger partial charge in [0.15, 0.2) is 0 Å². The standard InChI is InChI=1S/C13H16O/c14-13-11-6-2-1-4-9(11)8-10-5-3-7-12(10)13/h1-2,4,6,10,12-14H,3,5,7-8H2/t10-,12+,13?/m0/s1. The van der Waals surface area contributed by atoms with Crippen molar-refractivity contribution in [3.63, 3.8) is 0 Å². The Kier molecular flexibility index (Phi) is 1.88. The quantitative estimate of drug-likeness (QED) is 0.663. The zero-order valence-corrected chi connectivity index (χ0v) is 8.32. The molecule has 1 aromatic rings. The van der Waals surface area contributed by atoms with E-state index >= 15 is 0 Å². The van der Waals surface area contributed by atoms with Crippen molar-refractivity contribution in [2.24, 2.45) is 11.8 Å². The Hall–Kier alpha value is -0.820. The molecule has 0 radical (unpaired) electrons. The van der Waals surface area contributed by atoms with Crippen LogP contribution in [0, 0.1) is 11.8 Å². The predicted octanol–water partition coefficient (Wildman–Crippen LogP) is 2.69. The number of aliphatic hydroxyl groups is 1. The van der Waals surface area contributed by atoms with Gasteiger partial charge < -0.3 is 5.11 Å². The number of aliphatic hydroxyl groups excluding tert-OH is 1. The van der Waals surface area contributed by atoms with E-state index in [1.807, 2.05) is 6.07 Å². The summed E-state index contributed by atoms with van der Waals surface area (Å²) in [7, 11) is 0. The summed E-state index contributed by atoms with van der Waals surface area (Å²) in [4.78, 5) is 0. The normalized spacial score (nSPS) is 35.1. The fourth-order valence-corrected chi connectivity index (χ4v) is 3.26. The van der Waals surface area contributed by atoms with E-state index in [0.29, 0.717) is 5.92 Å². The molecule has 0 heterocycles. The van der Waals surface area contributed by atoms with Gasteiger partial charge in [-0.3, -0.25) is 0 Å². The molecule has 2 aliphatic rings. The number of hydrogen-bond acceptors (Lipinski definition) is 1. The van der Waals surface area contributed by atoms with Crippen LogP contribution in [-0.4, -0.2) is 5.11 Å². The van der Waals surface area contributed by atoms with E-state index in [-0.39, 0.29) is 6.10 Å². The van der Waals surface area contributed by atoms with Crippen molar-refractivity contribution in [1.29, 1.82) is 0 Å². The highest BCUT2D eigenvalue weighted by Gasteiger charge is 2.38. The number of fused-ring (bicyclic) bond motifs is 2. The Bertz CT molecular complexity index is 345. The van der Waals surface area contributed by atoms with Crippen LogP contribution in [0.15, 0.2) is 24.3 Å². The van der Waals surface area contributed by atoms with Crippen LogP contribution >= 0.6 is 0 Å². The molecule has 2 aliphatic carbocycles. The molecule has 0 amide bonds. The molecule has 0 spiro atoms. The monoisotopic (exact) mass is 188 g/mol. The molecule has 0 saturated heterocycles. The van der Waals surface area contributed by atoms with E-state index in [1.165, 1.54) is 36.8 Å². The SMILES string of the molecule is OC1c2ccccc2C[C@@H]2CCC[C@@H]12. The average Bonchev–Trinajstić information content (AvgIpc) is 2.66. The highest BCUT2D eigenvalue weighted by molar-refractivity contribution is 5.33. The van der Waals surface area contributed by atoms with Gasteiger partial charge in [-0.05, 0) is 42.2 Å². The summed E-state index contributed by atoms with van der Waals surface area (Å²) in [5.74, 6) is 1.30. The molecule has 1 nitrogen and oxygen atoms in total. The molecular formula is C13H16O. The second-order valence-corrected chi connectivity index (χ2v) is 4.70. The Morgan fingerprint density at radius 2 is 2.00 bits per heavy atom. The molecule has 3 atom stereocenters. The van der Waals surface area contributed by atoms with E-state index in [1.54, 1.807) is 0 Å². The zero-order chi connectivity index (χ0) is 9.54. The third-order valence-electron chi connectivity index (χ3n) is 3.98. The predicted molar refractivity (Wildman–Crippen MR) is 55.9 cm³/mol. The van der Waals surface area contributed by atoms with Gasteiger partial charge in [-0.2, -0.15) is 0 Å². The molecular weight excluding hydrogens is 172 g/mol. The Labute approximate surface area is 84.8 Å². The Balaban J connectivity index is 2.04. The molecule has 14 heavy (non-hydrogen) atoms. The fourth-order valence-electron chi connectivity index (χ4n) is 3.26. The summed E-state index contributed by atoms with van der Waals surface area (Å²) in [6.45, 7) is 0. The lowest BCUT2D eigenvalue weighted by molar-refractivity contribution is 0.0742. The van der Waals surface area contributed by atoms with Gasteiger partial charge in [-0.1, -0.05) is 30.7 Å². The lowest BCUT2D eigenvalue weighted by Crippen LogP contribution is -2.25. The topological polar surface area (TPSA) is 20.2 Å². The first kappa shape index (κ1) is 8.49. The van der Waals surface area contributed by atoms with Crippen LogP contribution < -0.4 is 0 Å². The highest BCUT2D eigenvalue weighted by Crippen LogP contribution is 2.46. The maximum atomic E-state index is 10.2. The first-order chi connectivity index (χ1) is 6.86. The van der Waals surface area contributed by atoms with E-state index in [0.717, 1.165) is 5.92 Å². The van der Waals surface area contributed by atoms with Crippen LogP contribution in [0.25, 0.3) is 0 Å². The molecule has 0 aliphatic heterocycles. The molecule has 1 heteroatoms. The van der Waals surface area contributed by atoms with Gasteiger partial charge in [-0.25, -0.2) is 0 Å². The summed E-state index contributed by atoms with van der Waals surface area (Å²) < 4.78 is 0. The summed E-state index contributed by atoms with van der Waals surface area (Å²) in [5.41, 5.74) is 2.57. The fraction of sp³-hybridized carbons (Fsp3) is 0.538. The molecule has 0 aromatic heterocycles. The third kappa shape index (κ3) is 1.12. The van der Waals surface area contributed by atoms with Gasteiger partial charge in [0.1, 0.15) is 0 Å². The Morgan fingerprint density at radius 1 is 1.14 bits per heavy atom. The van der Waals surface area contributed by atoms with Crippen LogP contribution in [-0.2, 0) is 6.42 Å². The molecule has 1 saturated carbocycles. The lowest BCUT2D eigenvalue weighted by atomic mass is 9.76. The van der Waals surface area contributed by atoms with Gasteiger partial charge in [0.25, 0.3) is 0 Å². The number of rotatable bonds is 0. The van der Waals surface area contributed by atoms with Crippen molar-refractivity contribution in [2.45, 2.75) is 31.8 Å². The van der Waals surface area contributed by atoms with Crippen molar-refractivity contribution < 1.29 is 5.11 Å². The second-order valence-electron chi connectivity index (χ2n) is 4.70. The molecule has 3 rings (SSSR count). The first-order valence-electron chi connectivity index (χ1n) is 5.62. The van der Waals surface area contributed by atoms with Crippen LogP contribution in [0.3, 0.4) is 0 Å². The summed E-state index contributed by atoms with van der Waals surface area (Å²) in [6, 6.07) is 8.39.